The summed E-state index contributed by atoms with van der Waals surface area (Å²) in [5, 5.41) is 4.02. The Morgan fingerprint density at radius 2 is 1.90 bits per heavy atom. The van der Waals surface area contributed by atoms with Crippen molar-refractivity contribution >= 4 is 28.3 Å². The maximum atomic E-state index is 13.3. The highest BCUT2D eigenvalue weighted by atomic mass is 16.1. The molecule has 0 unspecified atom stereocenters. The van der Waals surface area contributed by atoms with Crippen molar-refractivity contribution in [2.45, 2.75) is 40.0 Å². The van der Waals surface area contributed by atoms with E-state index in [1.807, 2.05) is 48.5 Å². The first-order valence-electron chi connectivity index (χ1n) is 10.5. The number of aromatic nitrogens is 1. The number of carbonyl (C=O) groups is 1. The Kier molecular flexibility index (Phi) is 5.27. The van der Waals surface area contributed by atoms with Crippen molar-refractivity contribution in [2.24, 2.45) is 5.41 Å². The molecular formula is C25H29N3O. The first kappa shape index (κ1) is 19.4. The number of carbonyl (C=O) groups excluding carboxylic acids is 1. The fraction of sp³-hybridized carbons (Fsp3) is 0.360. The summed E-state index contributed by atoms with van der Waals surface area (Å²) in [7, 11) is 0. The van der Waals surface area contributed by atoms with Gasteiger partial charge in [-0.3, -0.25) is 4.79 Å². The second-order valence-corrected chi connectivity index (χ2v) is 8.70. The molecule has 3 aromatic rings. The van der Waals surface area contributed by atoms with E-state index in [2.05, 4.69) is 37.1 Å². The number of para-hydroxylation sites is 2. The summed E-state index contributed by atoms with van der Waals surface area (Å²) in [6.45, 7) is 8.64. The summed E-state index contributed by atoms with van der Waals surface area (Å²) in [6.07, 6.45) is 3.24. The lowest BCUT2D eigenvalue weighted by molar-refractivity contribution is 0.102. The minimum absolute atomic E-state index is 0.0815. The van der Waals surface area contributed by atoms with E-state index >= 15 is 0 Å². The number of hydrogen-bond donors (Lipinski definition) is 1. The molecule has 0 saturated carbocycles. The highest BCUT2D eigenvalue weighted by Gasteiger charge is 2.28. The van der Waals surface area contributed by atoms with E-state index in [0.29, 0.717) is 5.56 Å². The number of piperidine rings is 1. The van der Waals surface area contributed by atoms with Crippen molar-refractivity contribution in [1.29, 1.82) is 0 Å². The molecule has 1 aromatic heterocycles. The number of aryl methyl sites for hydroxylation is 1. The molecule has 0 bridgehead atoms. The summed E-state index contributed by atoms with van der Waals surface area (Å²) >= 11 is 0. The number of nitrogens with zero attached hydrogens (tertiary/aromatic N) is 2. The van der Waals surface area contributed by atoms with Gasteiger partial charge in [0.2, 0.25) is 0 Å². The van der Waals surface area contributed by atoms with Gasteiger partial charge in [0.25, 0.3) is 5.91 Å². The Balaban J connectivity index is 1.74. The number of hydrogen-bond acceptors (Lipinski definition) is 3. The molecule has 1 aliphatic heterocycles. The van der Waals surface area contributed by atoms with Crippen LogP contribution in [0.1, 0.15) is 49.5 Å². The molecule has 29 heavy (non-hydrogen) atoms. The monoisotopic (exact) mass is 387 g/mol. The van der Waals surface area contributed by atoms with Gasteiger partial charge in [-0.05, 0) is 48.4 Å². The lowest BCUT2D eigenvalue weighted by Crippen LogP contribution is -2.40. The summed E-state index contributed by atoms with van der Waals surface area (Å²) in [5.74, 6) is 0.812. The van der Waals surface area contributed by atoms with Crippen LogP contribution >= 0.6 is 0 Å². The van der Waals surface area contributed by atoms with Crippen LogP contribution in [0.25, 0.3) is 10.9 Å². The molecule has 0 atom stereocenters. The number of nitrogens with one attached hydrogen (secondary N) is 1. The Morgan fingerprint density at radius 3 is 2.69 bits per heavy atom. The van der Waals surface area contributed by atoms with E-state index in [-0.39, 0.29) is 11.3 Å². The van der Waals surface area contributed by atoms with Crippen molar-refractivity contribution in [3.8, 4) is 0 Å². The van der Waals surface area contributed by atoms with Gasteiger partial charge in [-0.2, -0.15) is 0 Å². The van der Waals surface area contributed by atoms with E-state index < -0.39 is 0 Å². The zero-order valence-corrected chi connectivity index (χ0v) is 17.5. The van der Waals surface area contributed by atoms with Gasteiger partial charge in [-0.1, -0.05) is 57.2 Å². The summed E-state index contributed by atoms with van der Waals surface area (Å²) in [4.78, 5) is 20.5. The first-order chi connectivity index (χ1) is 14.0. The van der Waals surface area contributed by atoms with E-state index in [0.717, 1.165) is 53.9 Å². The molecule has 0 radical (unpaired) electrons. The Morgan fingerprint density at radius 1 is 1.14 bits per heavy atom. The SMILES string of the molecule is CCc1ccccc1NC(=O)c1cc(N2CCCC(C)(C)C2)nc2ccccc12. The van der Waals surface area contributed by atoms with Gasteiger partial charge in [-0.25, -0.2) is 4.98 Å². The topological polar surface area (TPSA) is 45.2 Å². The highest BCUT2D eigenvalue weighted by Crippen LogP contribution is 2.32. The van der Waals surface area contributed by atoms with Crippen molar-refractivity contribution in [2.75, 3.05) is 23.3 Å². The summed E-state index contributed by atoms with van der Waals surface area (Å²) in [5.41, 5.74) is 3.81. The van der Waals surface area contributed by atoms with E-state index in [1.165, 1.54) is 6.42 Å². The van der Waals surface area contributed by atoms with Gasteiger partial charge in [0, 0.05) is 24.2 Å². The molecule has 0 aliphatic carbocycles. The predicted molar refractivity (Wildman–Crippen MR) is 121 cm³/mol. The first-order valence-corrected chi connectivity index (χ1v) is 10.5. The number of amides is 1. The van der Waals surface area contributed by atoms with Crippen LogP contribution in [0.3, 0.4) is 0 Å². The highest BCUT2D eigenvalue weighted by molar-refractivity contribution is 6.13. The van der Waals surface area contributed by atoms with Crippen LogP contribution in [0.4, 0.5) is 11.5 Å². The van der Waals surface area contributed by atoms with Crippen molar-refractivity contribution < 1.29 is 4.79 Å². The molecule has 1 amide bonds. The molecule has 150 valence electrons. The smallest absolute Gasteiger partial charge is 0.256 e. The molecular weight excluding hydrogens is 358 g/mol. The molecule has 1 fully saturated rings. The average Bonchev–Trinajstić information content (AvgIpc) is 2.72. The third-order valence-electron chi connectivity index (χ3n) is 5.82. The molecule has 2 heterocycles. The second-order valence-electron chi connectivity index (χ2n) is 8.70. The zero-order valence-electron chi connectivity index (χ0n) is 17.5. The molecule has 1 aliphatic rings. The minimum Gasteiger partial charge on any atom is -0.356 e. The number of anilines is 2. The Hall–Kier alpha value is -2.88. The fourth-order valence-corrected chi connectivity index (χ4v) is 4.27. The van der Waals surface area contributed by atoms with E-state index in [4.69, 9.17) is 4.98 Å². The maximum Gasteiger partial charge on any atom is 0.256 e. The van der Waals surface area contributed by atoms with Gasteiger partial charge in [0.05, 0.1) is 11.1 Å². The molecule has 0 spiro atoms. The lowest BCUT2D eigenvalue weighted by atomic mass is 9.84. The van der Waals surface area contributed by atoms with Crippen LogP contribution in [0, 0.1) is 5.41 Å². The molecule has 1 saturated heterocycles. The largest absolute Gasteiger partial charge is 0.356 e. The fourth-order valence-electron chi connectivity index (χ4n) is 4.27. The van der Waals surface area contributed by atoms with Gasteiger partial charge in [0.15, 0.2) is 0 Å². The molecule has 4 heteroatoms. The van der Waals surface area contributed by atoms with Gasteiger partial charge in [0.1, 0.15) is 5.82 Å². The lowest BCUT2D eigenvalue weighted by Gasteiger charge is -2.39. The quantitative estimate of drug-likeness (QED) is 0.627. The van der Waals surface area contributed by atoms with Crippen LogP contribution in [0.15, 0.2) is 54.6 Å². The average molecular weight is 388 g/mol. The zero-order chi connectivity index (χ0) is 20.4. The standard InChI is InChI=1S/C25H29N3O/c1-4-18-10-5-7-12-21(18)27-24(29)20-16-23(26-22-13-8-6-11-19(20)22)28-15-9-14-25(2,3)17-28/h5-8,10-13,16H,4,9,14-15,17H2,1-3H3,(H,27,29). The van der Waals surface area contributed by atoms with Crippen molar-refractivity contribution in [3.63, 3.8) is 0 Å². The molecule has 1 N–H and O–H groups in total. The third-order valence-corrected chi connectivity index (χ3v) is 5.82. The predicted octanol–water partition coefficient (Wildman–Crippen LogP) is 5.68. The van der Waals surface area contributed by atoms with Crippen LogP contribution in [0.5, 0.6) is 0 Å². The van der Waals surface area contributed by atoms with Crippen LogP contribution < -0.4 is 10.2 Å². The van der Waals surface area contributed by atoms with E-state index in [1.54, 1.807) is 0 Å². The van der Waals surface area contributed by atoms with E-state index in [9.17, 15) is 4.79 Å². The molecule has 4 rings (SSSR count). The Labute approximate surface area is 173 Å². The van der Waals surface area contributed by atoms with Crippen LogP contribution in [0.2, 0.25) is 0 Å². The number of fused-ring (bicyclic) bond motifs is 1. The van der Waals surface area contributed by atoms with Gasteiger partial charge < -0.3 is 10.2 Å². The third kappa shape index (κ3) is 4.12. The Bertz CT molecular complexity index is 1040. The van der Waals surface area contributed by atoms with Gasteiger partial charge >= 0.3 is 0 Å². The summed E-state index contributed by atoms with van der Waals surface area (Å²) in [6, 6.07) is 17.9. The number of pyridine rings is 1. The minimum atomic E-state index is -0.0815. The normalized spacial score (nSPS) is 16.0. The van der Waals surface area contributed by atoms with Crippen LogP contribution in [-0.4, -0.2) is 24.0 Å². The number of rotatable bonds is 4. The van der Waals surface area contributed by atoms with Gasteiger partial charge in [-0.15, -0.1) is 0 Å². The van der Waals surface area contributed by atoms with Crippen molar-refractivity contribution in [3.05, 3.63) is 65.7 Å². The summed E-state index contributed by atoms with van der Waals surface area (Å²) < 4.78 is 0. The van der Waals surface area contributed by atoms with Crippen LogP contribution in [-0.2, 0) is 6.42 Å². The van der Waals surface area contributed by atoms with Crippen molar-refractivity contribution in [1.82, 2.24) is 4.98 Å². The second kappa shape index (κ2) is 7.86. The number of benzene rings is 2. The maximum absolute atomic E-state index is 13.3. The molecule has 2 aromatic carbocycles. The molecule has 4 nitrogen and oxygen atoms in total.